The third kappa shape index (κ3) is 4.32. The molecule has 1 aromatic rings. The molecule has 1 fully saturated rings. The summed E-state index contributed by atoms with van der Waals surface area (Å²) in [4.78, 5) is 15.4. The Balaban J connectivity index is 1.81. The number of piperidine rings is 1. The number of carbonyl (C=O) groups excluding carboxylic acids is 1. The number of rotatable bonds is 4. The zero-order valence-electron chi connectivity index (χ0n) is 12.5. The number of hydrogen-bond acceptors (Lipinski definition) is 4. The minimum absolute atomic E-state index is 0.113. The van der Waals surface area contributed by atoms with E-state index in [1.54, 1.807) is 25.1 Å². The van der Waals surface area contributed by atoms with Crippen LogP contribution in [0.15, 0.2) is 18.2 Å². The lowest BCUT2D eigenvalue weighted by molar-refractivity contribution is -0.130. The molecule has 1 aliphatic rings. The highest BCUT2D eigenvalue weighted by atomic mass is 19.1. The molecule has 6 heteroatoms. The number of likely N-dealkylation sites (tertiary alicyclic amines) is 1. The van der Waals surface area contributed by atoms with Crippen molar-refractivity contribution < 1.29 is 14.3 Å². The van der Waals surface area contributed by atoms with Gasteiger partial charge in [0.05, 0.1) is 6.54 Å². The fraction of sp³-hybridized carbons (Fsp3) is 0.533. The van der Waals surface area contributed by atoms with Crippen LogP contribution in [-0.2, 0) is 4.79 Å². The highest BCUT2D eigenvalue weighted by Crippen LogP contribution is 2.22. The summed E-state index contributed by atoms with van der Waals surface area (Å²) < 4.78 is 13.3. The third-order valence-electron chi connectivity index (χ3n) is 3.76. The maximum Gasteiger partial charge on any atom is 0.236 e. The zero-order valence-corrected chi connectivity index (χ0v) is 12.5. The number of nitrogens with zero attached hydrogens (tertiary/aromatic N) is 2. The van der Waals surface area contributed by atoms with Crippen LogP contribution >= 0.6 is 0 Å². The topological polar surface area (TPSA) is 55.8 Å². The maximum atomic E-state index is 13.3. The number of aromatic hydroxyl groups is 1. The van der Waals surface area contributed by atoms with Crippen LogP contribution in [0.1, 0.15) is 12.8 Å². The Morgan fingerprint density at radius 2 is 2.10 bits per heavy atom. The monoisotopic (exact) mass is 295 g/mol. The van der Waals surface area contributed by atoms with E-state index in [0.29, 0.717) is 12.2 Å². The lowest BCUT2D eigenvalue weighted by Gasteiger charge is -2.32. The zero-order chi connectivity index (χ0) is 15.4. The number of halogens is 1. The minimum atomic E-state index is -0.617. The number of anilines is 1. The van der Waals surface area contributed by atoms with Crippen LogP contribution in [-0.4, -0.2) is 60.6 Å². The Bertz CT molecular complexity index is 500. The average Bonchev–Trinajstić information content (AvgIpc) is 2.45. The Morgan fingerprint density at radius 1 is 1.43 bits per heavy atom. The Labute approximate surface area is 124 Å². The first-order valence-electron chi connectivity index (χ1n) is 7.13. The normalized spacial score (nSPS) is 16.7. The van der Waals surface area contributed by atoms with Crippen molar-refractivity contribution in [1.29, 1.82) is 0 Å². The van der Waals surface area contributed by atoms with Gasteiger partial charge in [0.15, 0.2) is 11.6 Å². The summed E-state index contributed by atoms with van der Waals surface area (Å²) >= 11 is 0. The van der Waals surface area contributed by atoms with Crippen molar-refractivity contribution in [3.63, 3.8) is 0 Å². The molecule has 116 valence electrons. The number of hydrogen-bond donors (Lipinski definition) is 2. The lowest BCUT2D eigenvalue weighted by atomic mass is 10.0. The van der Waals surface area contributed by atoms with Gasteiger partial charge in [-0.2, -0.15) is 0 Å². The predicted molar refractivity (Wildman–Crippen MR) is 79.8 cm³/mol. The summed E-state index contributed by atoms with van der Waals surface area (Å²) in [5.74, 6) is -0.839. The molecule has 0 unspecified atom stereocenters. The lowest BCUT2D eigenvalue weighted by Crippen LogP contribution is -2.43. The summed E-state index contributed by atoms with van der Waals surface area (Å²) in [6.45, 7) is 2.14. The van der Waals surface area contributed by atoms with E-state index < -0.39 is 5.82 Å². The smallest absolute Gasteiger partial charge is 0.236 e. The fourth-order valence-corrected chi connectivity index (χ4v) is 2.40. The highest BCUT2D eigenvalue weighted by molar-refractivity contribution is 5.77. The Morgan fingerprint density at radius 3 is 2.67 bits per heavy atom. The number of carbonyl (C=O) groups is 1. The maximum absolute atomic E-state index is 13.3. The number of phenolic OH excluding ortho intramolecular Hbond substituents is 1. The molecule has 0 bridgehead atoms. The van der Waals surface area contributed by atoms with Crippen LogP contribution in [0.3, 0.4) is 0 Å². The minimum Gasteiger partial charge on any atom is -0.505 e. The van der Waals surface area contributed by atoms with Crippen molar-refractivity contribution in [2.75, 3.05) is 39.0 Å². The van der Waals surface area contributed by atoms with Crippen LogP contribution < -0.4 is 5.32 Å². The van der Waals surface area contributed by atoms with Gasteiger partial charge in [0.2, 0.25) is 5.91 Å². The fourth-order valence-electron chi connectivity index (χ4n) is 2.40. The van der Waals surface area contributed by atoms with Crippen molar-refractivity contribution in [2.45, 2.75) is 18.9 Å². The first-order chi connectivity index (χ1) is 9.95. The van der Waals surface area contributed by atoms with Gasteiger partial charge in [0.25, 0.3) is 0 Å². The van der Waals surface area contributed by atoms with Gasteiger partial charge in [-0.1, -0.05) is 0 Å². The third-order valence-corrected chi connectivity index (χ3v) is 3.76. The second-order valence-corrected chi connectivity index (χ2v) is 5.65. The van der Waals surface area contributed by atoms with Gasteiger partial charge in [-0.05, 0) is 25.0 Å². The molecule has 21 heavy (non-hydrogen) atoms. The van der Waals surface area contributed by atoms with E-state index in [0.717, 1.165) is 25.9 Å². The van der Waals surface area contributed by atoms with Crippen LogP contribution in [0.2, 0.25) is 0 Å². The molecule has 0 aliphatic carbocycles. The molecule has 1 saturated heterocycles. The van der Waals surface area contributed by atoms with E-state index in [9.17, 15) is 9.18 Å². The largest absolute Gasteiger partial charge is 0.505 e. The first kappa shape index (κ1) is 15.6. The summed E-state index contributed by atoms with van der Waals surface area (Å²) in [7, 11) is 3.52. The molecule has 2 N–H and O–H groups in total. The molecule has 0 spiro atoms. The standard InChI is InChI=1S/C15H22FN3O2/c1-18(2)15(21)10-19-7-5-11(6-8-19)17-12-3-4-14(20)13(16)9-12/h3-4,9,11,17,20H,5-8,10H2,1-2H3. The van der Waals surface area contributed by atoms with Crippen LogP contribution in [0.4, 0.5) is 10.1 Å². The van der Waals surface area contributed by atoms with Crippen LogP contribution in [0, 0.1) is 5.82 Å². The molecule has 5 nitrogen and oxygen atoms in total. The highest BCUT2D eigenvalue weighted by Gasteiger charge is 2.21. The van der Waals surface area contributed by atoms with Gasteiger partial charge in [-0.25, -0.2) is 4.39 Å². The molecule has 1 aliphatic heterocycles. The van der Waals surface area contributed by atoms with Crippen molar-refractivity contribution in [2.24, 2.45) is 0 Å². The summed E-state index contributed by atoms with van der Waals surface area (Å²) in [6.07, 6.45) is 1.81. The van der Waals surface area contributed by atoms with Gasteiger partial charge < -0.3 is 15.3 Å². The average molecular weight is 295 g/mol. The molecule has 2 rings (SSSR count). The Kier molecular flexibility index (Phi) is 5.01. The van der Waals surface area contributed by atoms with Gasteiger partial charge in [0, 0.05) is 45.0 Å². The second-order valence-electron chi connectivity index (χ2n) is 5.65. The van der Waals surface area contributed by atoms with E-state index in [1.165, 1.54) is 12.1 Å². The van der Waals surface area contributed by atoms with Crippen molar-refractivity contribution in [1.82, 2.24) is 9.80 Å². The van der Waals surface area contributed by atoms with Crippen molar-refractivity contribution >= 4 is 11.6 Å². The first-order valence-corrected chi connectivity index (χ1v) is 7.13. The number of phenols is 1. The van der Waals surface area contributed by atoms with E-state index in [2.05, 4.69) is 10.2 Å². The van der Waals surface area contributed by atoms with E-state index in [1.807, 2.05) is 0 Å². The molecule has 1 amide bonds. The molecule has 0 atom stereocenters. The van der Waals surface area contributed by atoms with Crippen molar-refractivity contribution in [3.8, 4) is 5.75 Å². The number of amides is 1. The number of nitrogens with one attached hydrogen (secondary N) is 1. The second kappa shape index (κ2) is 6.76. The predicted octanol–water partition coefficient (Wildman–Crippen LogP) is 1.50. The van der Waals surface area contributed by atoms with Crippen LogP contribution in [0.25, 0.3) is 0 Å². The van der Waals surface area contributed by atoms with E-state index >= 15 is 0 Å². The molecular formula is C15H22FN3O2. The molecule has 1 aromatic carbocycles. The SMILES string of the molecule is CN(C)C(=O)CN1CCC(Nc2ccc(O)c(F)c2)CC1. The molecule has 0 saturated carbocycles. The molecule has 1 heterocycles. The van der Waals surface area contributed by atoms with E-state index in [-0.39, 0.29) is 17.7 Å². The summed E-state index contributed by atoms with van der Waals surface area (Å²) in [5, 5.41) is 12.4. The van der Waals surface area contributed by atoms with Crippen molar-refractivity contribution in [3.05, 3.63) is 24.0 Å². The molecule has 0 aromatic heterocycles. The quantitative estimate of drug-likeness (QED) is 0.827. The number of benzene rings is 1. The van der Waals surface area contributed by atoms with Gasteiger partial charge in [-0.3, -0.25) is 9.69 Å². The molecule has 0 radical (unpaired) electrons. The summed E-state index contributed by atoms with van der Waals surface area (Å²) in [6, 6.07) is 4.58. The van der Waals surface area contributed by atoms with E-state index in [4.69, 9.17) is 5.11 Å². The van der Waals surface area contributed by atoms with Crippen LogP contribution in [0.5, 0.6) is 5.75 Å². The van der Waals surface area contributed by atoms with Gasteiger partial charge in [-0.15, -0.1) is 0 Å². The summed E-state index contributed by atoms with van der Waals surface area (Å²) in [5.41, 5.74) is 0.674. The number of likely N-dealkylation sites (N-methyl/N-ethyl adjacent to an activating group) is 1. The van der Waals surface area contributed by atoms with Gasteiger partial charge in [0.1, 0.15) is 0 Å². The van der Waals surface area contributed by atoms with Gasteiger partial charge >= 0.3 is 0 Å². The Hall–Kier alpha value is -1.82. The molecular weight excluding hydrogens is 273 g/mol.